The zero-order valence-corrected chi connectivity index (χ0v) is 23.1. The first-order valence-electron chi connectivity index (χ1n) is 13.4. The maximum atomic E-state index is 13.1. The Balaban J connectivity index is 1.14. The van der Waals surface area contributed by atoms with Crippen LogP contribution in [0.2, 0.25) is 0 Å². The van der Waals surface area contributed by atoms with Crippen LogP contribution < -0.4 is 15.1 Å². The Morgan fingerprint density at radius 1 is 1.05 bits per heavy atom. The van der Waals surface area contributed by atoms with Gasteiger partial charge >= 0.3 is 6.18 Å². The molecule has 1 aromatic heterocycles. The first-order chi connectivity index (χ1) is 19.2. The van der Waals surface area contributed by atoms with Crippen molar-refractivity contribution < 1.29 is 22.7 Å². The maximum absolute atomic E-state index is 13.1. The summed E-state index contributed by atoms with van der Waals surface area (Å²) in [5.41, 5.74) is 2.47. The van der Waals surface area contributed by atoms with Crippen LogP contribution in [-0.4, -0.2) is 61.3 Å². The fourth-order valence-corrected chi connectivity index (χ4v) is 5.69. The molecule has 7 nitrogen and oxygen atoms in total. The van der Waals surface area contributed by atoms with Crippen LogP contribution in [0.15, 0.2) is 59.8 Å². The van der Waals surface area contributed by atoms with E-state index in [1.165, 1.54) is 23.9 Å². The van der Waals surface area contributed by atoms with Gasteiger partial charge in [0.05, 0.1) is 11.7 Å². The highest BCUT2D eigenvalue weighted by Gasteiger charge is 2.31. The number of ether oxygens (including phenoxy) is 1. The molecule has 1 N–H and O–H groups in total. The second-order valence-electron chi connectivity index (χ2n) is 10.0. The van der Waals surface area contributed by atoms with Crippen molar-refractivity contribution in [2.75, 3.05) is 49.1 Å². The summed E-state index contributed by atoms with van der Waals surface area (Å²) in [6.07, 6.45) is -2.22. The van der Waals surface area contributed by atoms with E-state index >= 15 is 0 Å². The van der Waals surface area contributed by atoms with Crippen LogP contribution in [0.3, 0.4) is 0 Å². The van der Waals surface area contributed by atoms with Crippen molar-refractivity contribution in [1.82, 2.24) is 15.3 Å². The molecule has 0 spiro atoms. The highest BCUT2D eigenvalue weighted by atomic mass is 32.2. The molecule has 1 atom stereocenters. The molecule has 3 aromatic rings. The number of amides is 1. The Hall–Kier alpha value is -3.31. The van der Waals surface area contributed by atoms with Gasteiger partial charge in [0.15, 0.2) is 5.16 Å². The number of benzene rings is 2. The number of aryl methyl sites for hydroxylation is 1. The van der Waals surface area contributed by atoms with Gasteiger partial charge in [-0.3, -0.25) is 4.79 Å². The fraction of sp³-hybridized carbons (Fsp3) is 0.414. The number of nitrogens with one attached hydrogen (secondary N) is 1. The highest BCUT2D eigenvalue weighted by molar-refractivity contribution is 7.98. The summed E-state index contributed by atoms with van der Waals surface area (Å²) >= 11 is 1.53. The van der Waals surface area contributed by atoms with E-state index in [4.69, 9.17) is 9.72 Å². The number of piperazine rings is 1. The van der Waals surface area contributed by atoms with Crippen molar-refractivity contribution in [2.45, 2.75) is 43.0 Å². The topological polar surface area (TPSA) is 70.6 Å². The minimum atomic E-state index is -4.36. The smallest absolute Gasteiger partial charge is 0.376 e. The van der Waals surface area contributed by atoms with Crippen molar-refractivity contribution in [1.29, 1.82) is 0 Å². The lowest BCUT2D eigenvalue weighted by atomic mass is 10.1. The molecule has 5 rings (SSSR count). The molecule has 212 valence electrons. The third kappa shape index (κ3) is 7.25. The number of anilines is 2. The third-order valence-corrected chi connectivity index (χ3v) is 7.98. The molecule has 2 aromatic carbocycles. The van der Waals surface area contributed by atoms with Crippen molar-refractivity contribution in [3.8, 4) is 0 Å². The van der Waals surface area contributed by atoms with Gasteiger partial charge < -0.3 is 19.9 Å². The second-order valence-corrected chi connectivity index (χ2v) is 10.9. The number of carbonyl (C=O) groups excluding carboxylic acids is 1. The first kappa shape index (κ1) is 28.2. The molecule has 3 heterocycles. The number of thioether (sulfide) groups is 1. The lowest BCUT2D eigenvalue weighted by molar-refractivity contribution is -0.137. The van der Waals surface area contributed by atoms with Crippen molar-refractivity contribution in [2.24, 2.45) is 0 Å². The Morgan fingerprint density at radius 2 is 1.80 bits per heavy atom. The molecule has 0 unspecified atom stereocenters. The fourth-order valence-electron chi connectivity index (χ4n) is 4.84. The van der Waals surface area contributed by atoms with E-state index in [0.29, 0.717) is 54.9 Å². The summed E-state index contributed by atoms with van der Waals surface area (Å²) in [5.74, 6) is 1.37. The number of rotatable bonds is 8. The predicted octanol–water partition coefficient (Wildman–Crippen LogP) is 5.33. The highest BCUT2D eigenvalue weighted by Crippen LogP contribution is 2.32. The standard InChI is InChI=1S/C29H32F3N5O2S/c1-20-16-26(37-13-11-36(12-14-37)24-5-2-4-23(17-24)29(30,31)32)35-28(34-20)40-19-21-7-9-22(10-8-21)27(38)33-18-25-6-3-15-39-25/h2,4-5,7-10,16-17,25H,3,6,11-15,18-19H2,1H3,(H,33,38)/t25-/m1/s1. The lowest BCUT2D eigenvalue weighted by Crippen LogP contribution is -2.47. The molecular weight excluding hydrogens is 539 g/mol. The van der Waals surface area contributed by atoms with Crippen molar-refractivity contribution in [3.63, 3.8) is 0 Å². The van der Waals surface area contributed by atoms with E-state index in [9.17, 15) is 18.0 Å². The molecule has 11 heteroatoms. The third-order valence-electron chi connectivity index (χ3n) is 7.06. The van der Waals surface area contributed by atoms with Gasteiger partial charge in [0.2, 0.25) is 0 Å². The van der Waals surface area contributed by atoms with Gasteiger partial charge in [-0.25, -0.2) is 9.97 Å². The maximum Gasteiger partial charge on any atom is 0.416 e. The lowest BCUT2D eigenvalue weighted by Gasteiger charge is -2.37. The summed E-state index contributed by atoms with van der Waals surface area (Å²) in [6, 6.07) is 15.0. The van der Waals surface area contributed by atoms with Gasteiger partial charge in [0.25, 0.3) is 5.91 Å². The average Bonchev–Trinajstić information content (AvgIpc) is 3.48. The van der Waals surface area contributed by atoms with Gasteiger partial charge in [-0.1, -0.05) is 30.0 Å². The molecule has 0 radical (unpaired) electrons. The van der Waals surface area contributed by atoms with Crippen molar-refractivity contribution in [3.05, 3.63) is 77.0 Å². The van der Waals surface area contributed by atoms with Crippen LogP contribution in [0.1, 0.15) is 40.0 Å². The Bertz CT molecular complexity index is 1310. The number of nitrogens with zero attached hydrogens (tertiary/aromatic N) is 4. The summed E-state index contributed by atoms with van der Waals surface area (Å²) in [6.45, 7) is 5.71. The molecule has 0 saturated carbocycles. The van der Waals surface area contributed by atoms with Crippen LogP contribution in [0.5, 0.6) is 0 Å². The number of hydrogen-bond acceptors (Lipinski definition) is 7. The number of alkyl halides is 3. The Labute approximate surface area is 236 Å². The molecule has 2 fully saturated rings. The second kappa shape index (κ2) is 12.5. The summed E-state index contributed by atoms with van der Waals surface area (Å²) in [4.78, 5) is 25.9. The van der Waals surface area contributed by atoms with Crippen LogP contribution in [-0.2, 0) is 16.7 Å². The number of carbonyl (C=O) groups is 1. The predicted molar refractivity (Wildman–Crippen MR) is 150 cm³/mol. The van der Waals surface area contributed by atoms with Gasteiger partial charge in [-0.05, 0) is 55.7 Å². The van der Waals surface area contributed by atoms with E-state index in [2.05, 4.69) is 15.2 Å². The van der Waals surface area contributed by atoms with Gasteiger partial charge in [0.1, 0.15) is 5.82 Å². The monoisotopic (exact) mass is 571 g/mol. The van der Waals surface area contributed by atoms with E-state index in [1.54, 1.807) is 6.07 Å². The van der Waals surface area contributed by atoms with Crippen LogP contribution in [0.25, 0.3) is 0 Å². The minimum Gasteiger partial charge on any atom is -0.376 e. The van der Waals surface area contributed by atoms with E-state index < -0.39 is 11.7 Å². The SMILES string of the molecule is Cc1cc(N2CCN(c3cccc(C(F)(F)F)c3)CC2)nc(SCc2ccc(C(=O)NC[C@H]3CCCO3)cc2)n1. The van der Waals surface area contributed by atoms with Gasteiger partial charge in [0, 0.05) is 68.1 Å². The quantitative estimate of drug-likeness (QED) is 0.290. The number of hydrogen-bond donors (Lipinski definition) is 1. The molecule has 2 aliphatic heterocycles. The first-order valence-corrected chi connectivity index (χ1v) is 14.4. The van der Waals surface area contributed by atoms with Crippen LogP contribution >= 0.6 is 11.8 Å². The Kier molecular flexibility index (Phi) is 8.80. The van der Waals surface area contributed by atoms with E-state index in [1.807, 2.05) is 42.2 Å². The molecule has 40 heavy (non-hydrogen) atoms. The zero-order chi connectivity index (χ0) is 28.1. The molecule has 1 amide bonds. The zero-order valence-electron chi connectivity index (χ0n) is 22.3. The van der Waals surface area contributed by atoms with E-state index in [-0.39, 0.29) is 12.0 Å². The van der Waals surface area contributed by atoms with E-state index in [0.717, 1.165) is 42.6 Å². The minimum absolute atomic E-state index is 0.102. The van der Waals surface area contributed by atoms with Crippen LogP contribution in [0, 0.1) is 6.92 Å². The summed E-state index contributed by atoms with van der Waals surface area (Å²) in [7, 11) is 0. The average molecular weight is 572 g/mol. The molecule has 0 aliphatic carbocycles. The normalized spacial score (nSPS) is 17.8. The summed E-state index contributed by atoms with van der Waals surface area (Å²) in [5, 5.41) is 3.60. The van der Waals surface area contributed by atoms with Crippen LogP contribution in [0.4, 0.5) is 24.7 Å². The molecule has 2 aliphatic rings. The van der Waals surface area contributed by atoms with Gasteiger partial charge in [-0.15, -0.1) is 0 Å². The molecular formula is C29H32F3N5O2S. The Morgan fingerprint density at radius 3 is 2.50 bits per heavy atom. The van der Waals surface area contributed by atoms with Crippen molar-refractivity contribution >= 4 is 29.2 Å². The molecule has 0 bridgehead atoms. The molecule has 2 saturated heterocycles. The number of aromatic nitrogens is 2. The number of halogens is 3. The summed E-state index contributed by atoms with van der Waals surface area (Å²) < 4.78 is 44.9. The largest absolute Gasteiger partial charge is 0.416 e. The van der Waals surface area contributed by atoms with Gasteiger partial charge in [-0.2, -0.15) is 13.2 Å².